The Labute approximate surface area is 124 Å². The number of aryl methyl sites for hydroxylation is 1. The monoisotopic (exact) mass is 309 g/mol. The lowest BCUT2D eigenvalue weighted by atomic mass is 10.1. The topological polar surface area (TPSA) is 75.4 Å². The van der Waals surface area contributed by atoms with Crippen LogP contribution >= 0.6 is 0 Å². The molecule has 0 amide bonds. The molecule has 2 aromatic rings. The number of hydrogen-bond donors (Lipinski definition) is 1. The lowest BCUT2D eigenvalue weighted by Crippen LogP contribution is -2.26. The van der Waals surface area contributed by atoms with Gasteiger partial charge in [-0.3, -0.25) is 4.68 Å². The highest BCUT2D eigenvalue weighted by molar-refractivity contribution is 7.89. The molecule has 1 aromatic heterocycles. The van der Waals surface area contributed by atoms with Crippen LogP contribution in [0.2, 0.25) is 0 Å². The van der Waals surface area contributed by atoms with Gasteiger partial charge in [-0.2, -0.15) is 9.40 Å². The number of aromatic nitrogens is 2. The molecule has 1 N–H and O–H groups in total. The van der Waals surface area contributed by atoms with E-state index < -0.39 is 10.0 Å². The maximum Gasteiger partial charge on any atom is 0.246 e. The van der Waals surface area contributed by atoms with E-state index in [0.717, 1.165) is 11.1 Å². The van der Waals surface area contributed by atoms with Crippen molar-refractivity contribution in [2.24, 2.45) is 0 Å². The van der Waals surface area contributed by atoms with E-state index in [1.807, 2.05) is 31.2 Å². The lowest BCUT2D eigenvalue weighted by Gasteiger charge is -2.16. The Hall–Kier alpha value is -1.70. The third kappa shape index (κ3) is 3.69. The van der Waals surface area contributed by atoms with E-state index in [4.69, 9.17) is 5.11 Å². The molecule has 0 aliphatic carbocycles. The second-order valence-electron chi connectivity index (χ2n) is 4.91. The van der Waals surface area contributed by atoms with Crippen LogP contribution in [0.3, 0.4) is 0 Å². The Morgan fingerprint density at radius 1 is 1.29 bits per heavy atom. The fourth-order valence-electron chi connectivity index (χ4n) is 1.92. The van der Waals surface area contributed by atoms with E-state index >= 15 is 0 Å². The molecule has 0 aliphatic heterocycles. The summed E-state index contributed by atoms with van der Waals surface area (Å²) in [6, 6.07) is 7.73. The van der Waals surface area contributed by atoms with E-state index in [9.17, 15) is 8.42 Å². The van der Waals surface area contributed by atoms with E-state index in [0.29, 0.717) is 6.54 Å². The lowest BCUT2D eigenvalue weighted by molar-refractivity contribution is 0.269. The van der Waals surface area contributed by atoms with E-state index in [-0.39, 0.29) is 18.0 Å². The van der Waals surface area contributed by atoms with Gasteiger partial charge in [0.25, 0.3) is 0 Å². The van der Waals surface area contributed by atoms with E-state index in [1.54, 1.807) is 7.05 Å². The van der Waals surface area contributed by atoms with Crippen LogP contribution in [-0.2, 0) is 23.1 Å². The van der Waals surface area contributed by atoms with Gasteiger partial charge in [0.05, 0.1) is 19.3 Å². The largest absolute Gasteiger partial charge is 0.394 e. The SMILES string of the molecule is Cc1ccc(CN(C)S(=O)(=O)c2cnn(CCO)c2)cc1. The van der Waals surface area contributed by atoms with Crippen LogP contribution in [-0.4, -0.2) is 41.3 Å². The zero-order valence-electron chi connectivity index (χ0n) is 12.1. The first kappa shape index (κ1) is 15.7. The first-order valence-corrected chi connectivity index (χ1v) is 8.02. The standard InChI is InChI=1S/C14H19N3O3S/c1-12-3-5-13(6-4-12)10-16(2)21(19,20)14-9-15-17(11-14)7-8-18/h3-6,9,11,18H,7-8,10H2,1-2H3. The summed E-state index contributed by atoms with van der Waals surface area (Å²) >= 11 is 0. The van der Waals surface area contributed by atoms with Crippen molar-refractivity contribution in [3.8, 4) is 0 Å². The molecule has 2 rings (SSSR count). The minimum absolute atomic E-state index is 0.0830. The van der Waals surface area contributed by atoms with Gasteiger partial charge >= 0.3 is 0 Å². The first-order valence-electron chi connectivity index (χ1n) is 6.58. The number of nitrogens with zero attached hydrogens (tertiary/aromatic N) is 3. The molecule has 0 bridgehead atoms. The summed E-state index contributed by atoms with van der Waals surface area (Å²) in [6.45, 7) is 2.48. The Balaban J connectivity index is 2.15. The molecule has 0 saturated heterocycles. The molecule has 0 atom stereocenters. The summed E-state index contributed by atoms with van der Waals surface area (Å²) in [7, 11) is -2.04. The number of aliphatic hydroxyl groups is 1. The number of benzene rings is 1. The summed E-state index contributed by atoms with van der Waals surface area (Å²) in [6.07, 6.45) is 2.73. The second-order valence-corrected chi connectivity index (χ2v) is 6.95. The van der Waals surface area contributed by atoms with Crippen molar-refractivity contribution in [2.45, 2.75) is 24.9 Å². The van der Waals surface area contributed by atoms with Gasteiger partial charge in [-0.15, -0.1) is 0 Å². The molecular formula is C14H19N3O3S. The summed E-state index contributed by atoms with van der Waals surface area (Å²) in [5, 5.41) is 12.8. The highest BCUT2D eigenvalue weighted by Gasteiger charge is 2.22. The molecular weight excluding hydrogens is 290 g/mol. The van der Waals surface area contributed by atoms with Gasteiger partial charge < -0.3 is 5.11 Å². The van der Waals surface area contributed by atoms with Crippen LogP contribution in [0.4, 0.5) is 0 Å². The van der Waals surface area contributed by atoms with Crippen molar-refractivity contribution < 1.29 is 13.5 Å². The molecule has 7 heteroatoms. The zero-order valence-corrected chi connectivity index (χ0v) is 12.9. The van der Waals surface area contributed by atoms with Gasteiger partial charge in [-0.1, -0.05) is 29.8 Å². The van der Waals surface area contributed by atoms with Gasteiger partial charge in [-0.05, 0) is 12.5 Å². The number of rotatable bonds is 6. The number of sulfonamides is 1. The minimum atomic E-state index is -3.58. The van der Waals surface area contributed by atoms with Gasteiger partial charge in [0.2, 0.25) is 10.0 Å². The smallest absolute Gasteiger partial charge is 0.246 e. The highest BCUT2D eigenvalue weighted by atomic mass is 32.2. The zero-order chi connectivity index (χ0) is 15.5. The van der Waals surface area contributed by atoms with Gasteiger partial charge in [0.15, 0.2) is 0 Å². The van der Waals surface area contributed by atoms with Gasteiger partial charge in [-0.25, -0.2) is 8.42 Å². The van der Waals surface area contributed by atoms with Crippen LogP contribution in [0.5, 0.6) is 0 Å². The summed E-state index contributed by atoms with van der Waals surface area (Å²) in [5.41, 5.74) is 2.06. The maximum atomic E-state index is 12.4. The summed E-state index contributed by atoms with van der Waals surface area (Å²) < 4.78 is 27.6. The molecule has 21 heavy (non-hydrogen) atoms. The molecule has 6 nitrogen and oxygen atoms in total. The van der Waals surface area contributed by atoms with Crippen LogP contribution in [0.25, 0.3) is 0 Å². The van der Waals surface area contributed by atoms with Crippen molar-refractivity contribution in [3.63, 3.8) is 0 Å². The summed E-state index contributed by atoms with van der Waals surface area (Å²) in [4.78, 5) is 0.130. The van der Waals surface area contributed by atoms with E-state index in [2.05, 4.69) is 5.10 Å². The first-order chi connectivity index (χ1) is 9.93. The van der Waals surface area contributed by atoms with Crippen molar-refractivity contribution in [2.75, 3.05) is 13.7 Å². The Morgan fingerprint density at radius 3 is 2.57 bits per heavy atom. The predicted molar refractivity (Wildman–Crippen MR) is 79.1 cm³/mol. The van der Waals surface area contributed by atoms with Crippen LogP contribution in [0.15, 0.2) is 41.6 Å². The van der Waals surface area contributed by atoms with Gasteiger partial charge in [0.1, 0.15) is 4.90 Å². The van der Waals surface area contributed by atoms with Crippen molar-refractivity contribution in [1.29, 1.82) is 0 Å². The normalized spacial score (nSPS) is 12.0. The third-order valence-corrected chi connectivity index (χ3v) is 4.93. The minimum Gasteiger partial charge on any atom is -0.394 e. The van der Waals surface area contributed by atoms with E-state index in [1.165, 1.54) is 21.4 Å². The molecule has 0 spiro atoms. The average molecular weight is 309 g/mol. The van der Waals surface area contributed by atoms with Crippen molar-refractivity contribution >= 4 is 10.0 Å². The second kappa shape index (κ2) is 6.38. The summed E-state index contributed by atoms with van der Waals surface area (Å²) in [5.74, 6) is 0. The highest BCUT2D eigenvalue weighted by Crippen LogP contribution is 2.16. The fraction of sp³-hybridized carbons (Fsp3) is 0.357. The van der Waals surface area contributed by atoms with Crippen LogP contribution in [0.1, 0.15) is 11.1 Å². The number of aliphatic hydroxyl groups excluding tert-OH is 1. The molecule has 0 radical (unpaired) electrons. The van der Waals surface area contributed by atoms with Crippen molar-refractivity contribution in [1.82, 2.24) is 14.1 Å². The van der Waals surface area contributed by atoms with Crippen LogP contribution < -0.4 is 0 Å². The Morgan fingerprint density at radius 2 is 1.95 bits per heavy atom. The third-order valence-electron chi connectivity index (χ3n) is 3.17. The van der Waals surface area contributed by atoms with Crippen LogP contribution in [0, 0.1) is 6.92 Å². The Bertz CT molecular complexity index is 693. The molecule has 1 heterocycles. The molecule has 0 fully saturated rings. The molecule has 0 saturated carbocycles. The molecule has 1 aromatic carbocycles. The van der Waals surface area contributed by atoms with Gasteiger partial charge in [0, 0.05) is 19.8 Å². The average Bonchev–Trinajstić information content (AvgIpc) is 2.91. The molecule has 0 aliphatic rings. The Kier molecular flexibility index (Phi) is 4.76. The predicted octanol–water partition coefficient (Wildman–Crippen LogP) is 1.00. The quantitative estimate of drug-likeness (QED) is 0.864. The fourth-order valence-corrected chi connectivity index (χ4v) is 3.03. The maximum absolute atomic E-state index is 12.4. The number of hydrogen-bond acceptors (Lipinski definition) is 4. The van der Waals surface area contributed by atoms with Crippen molar-refractivity contribution in [3.05, 3.63) is 47.8 Å². The molecule has 114 valence electrons. The molecule has 0 unspecified atom stereocenters.